The van der Waals surface area contributed by atoms with Crippen LogP contribution in [-0.2, 0) is 4.79 Å². The zero-order valence-electron chi connectivity index (χ0n) is 16.6. The van der Waals surface area contributed by atoms with Gasteiger partial charge in [0.05, 0.1) is 22.8 Å². The molecule has 144 valence electrons. The average Bonchev–Trinajstić information content (AvgIpc) is 2.66. The smallest absolute Gasteiger partial charge is 0.204 e. The highest BCUT2D eigenvalue weighted by Crippen LogP contribution is 2.22. The van der Waals surface area contributed by atoms with Crippen LogP contribution in [0.15, 0.2) is 77.1 Å². The molecule has 3 N–H and O–H groups in total. The Labute approximate surface area is 165 Å². The minimum absolute atomic E-state index is 0.170. The van der Waals surface area contributed by atoms with Gasteiger partial charge >= 0.3 is 0 Å². The summed E-state index contributed by atoms with van der Waals surface area (Å²) in [6, 6.07) is 15.7. The van der Waals surface area contributed by atoms with Gasteiger partial charge in [-0.15, -0.1) is 0 Å². The molecule has 0 aliphatic heterocycles. The van der Waals surface area contributed by atoms with Crippen molar-refractivity contribution in [3.63, 3.8) is 0 Å². The largest absolute Gasteiger partial charge is 0.397 e. The van der Waals surface area contributed by atoms with Crippen molar-refractivity contribution < 1.29 is 4.79 Å². The third kappa shape index (κ3) is 4.40. The second-order valence-electron chi connectivity index (χ2n) is 7.00. The van der Waals surface area contributed by atoms with E-state index in [-0.39, 0.29) is 5.78 Å². The van der Waals surface area contributed by atoms with Crippen molar-refractivity contribution in [2.45, 2.75) is 0 Å². The monoisotopic (exact) mass is 375 g/mol. The first-order valence-electron chi connectivity index (χ1n) is 8.97. The Hall–Kier alpha value is -3.54. The summed E-state index contributed by atoms with van der Waals surface area (Å²) in [4.78, 5) is 21.0. The Morgan fingerprint density at radius 1 is 0.821 bits per heavy atom. The standard InChI is InChI=1S/C22H25N5O/c1-26(2)17-9-5-15(6-10-17)24-20-14-21(22(28)13-19(20)23)25-16-7-11-18(12-8-16)27(3)4/h5-14,25H,23H2,1-4H3. The maximum atomic E-state index is 12.3. The van der Waals surface area contributed by atoms with Gasteiger partial charge in [0.1, 0.15) is 0 Å². The van der Waals surface area contributed by atoms with Crippen LogP contribution < -0.4 is 20.9 Å². The molecule has 2 aromatic rings. The molecule has 0 heterocycles. The predicted octanol–water partition coefficient (Wildman–Crippen LogP) is 3.31. The predicted molar refractivity (Wildman–Crippen MR) is 118 cm³/mol. The molecule has 6 heteroatoms. The van der Waals surface area contributed by atoms with Gasteiger partial charge in [-0.25, -0.2) is 4.99 Å². The van der Waals surface area contributed by atoms with Crippen LogP contribution >= 0.6 is 0 Å². The summed E-state index contributed by atoms with van der Waals surface area (Å²) in [5.74, 6) is -0.170. The SMILES string of the molecule is CN(C)c1ccc(N=C2C=C(Nc3ccc(N(C)C)cc3)C(=O)C=C2N)cc1. The lowest BCUT2D eigenvalue weighted by Crippen LogP contribution is -2.22. The molecule has 0 radical (unpaired) electrons. The topological polar surface area (TPSA) is 74.0 Å². The molecule has 2 aromatic carbocycles. The van der Waals surface area contributed by atoms with Crippen molar-refractivity contribution in [1.29, 1.82) is 0 Å². The number of hydrogen-bond donors (Lipinski definition) is 2. The minimum Gasteiger partial charge on any atom is -0.397 e. The molecule has 0 unspecified atom stereocenters. The molecule has 0 amide bonds. The highest BCUT2D eigenvalue weighted by atomic mass is 16.1. The summed E-state index contributed by atoms with van der Waals surface area (Å²) in [6.45, 7) is 0. The van der Waals surface area contributed by atoms with Crippen LogP contribution in [0.5, 0.6) is 0 Å². The maximum Gasteiger partial charge on any atom is 0.204 e. The molecule has 0 spiro atoms. The van der Waals surface area contributed by atoms with Gasteiger partial charge in [-0.3, -0.25) is 4.79 Å². The Bertz CT molecular complexity index is 951. The van der Waals surface area contributed by atoms with Gasteiger partial charge < -0.3 is 20.9 Å². The van der Waals surface area contributed by atoms with E-state index in [1.54, 1.807) is 6.08 Å². The molecule has 6 nitrogen and oxygen atoms in total. The van der Waals surface area contributed by atoms with Crippen LogP contribution in [0.3, 0.4) is 0 Å². The van der Waals surface area contributed by atoms with Crippen molar-refractivity contribution in [2.75, 3.05) is 43.3 Å². The van der Waals surface area contributed by atoms with Gasteiger partial charge in [0.15, 0.2) is 0 Å². The highest BCUT2D eigenvalue weighted by Gasteiger charge is 2.17. The molecule has 1 aliphatic rings. The minimum atomic E-state index is -0.170. The van der Waals surface area contributed by atoms with Crippen molar-refractivity contribution in [3.05, 3.63) is 72.1 Å². The number of hydrogen-bond acceptors (Lipinski definition) is 6. The first-order chi connectivity index (χ1) is 13.3. The summed E-state index contributed by atoms with van der Waals surface area (Å²) in [6.07, 6.45) is 3.10. The number of nitrogens with zero attached hydrogens (tertiary/aromatic N) is 3. The number of carbonyl (C=O) groups excluding carboxylic acids is 1. The molecular formula is C22H25N5O. The van der Waals surface area contributed by atoms with Crippen LogP contribution in [0.25, 0.3) is 0 Å². The van der Waals surface area contributed by atoms with Gasteiger partial charge in [-0.2, -0.15) is 0 Å². The lowest BCUT2D eigenvalue weighted by molar-refractivity contribution is -0.111. The van der Waals surface area contributed by atoms with E-state index >= 15 is 0 Å². The molecule has 1 aliphatic carbocycles. The number of nitrogens with one attached hydrogen (secondary N) is 1. The van der Waals surface area contributed by atoms with E-state index in [1.807, 2.05) is 86.5 Å². The third-order valence-corrected chi connectivity index (χ3v) is 4.41. The number of nitrogens with two attached hydrogens (primary N) is 1. The normalized spacial score (nSPS) is 15.1. The Kier molecular flexibility index (Phi) is 5.49. The number of rotatable bonds is 5. The van der Waals surface area contributed by atoms with Crippen molar-refractivity contribution >= 4 is 34.2 Å². The van der Waals surface area contributed by atoms with E-state index in [2.05, 4.69) is 10.3 Å². The molecule has 0 bridgehead atoms. The van der Waals surface area contributed by atoms with Crippen molar-refractivity contribution in [1.82, 2.24) is 0 Å². The fourth-order valence-corrected chi connectivity index (χ4v) is 2.74. The maximum absolute atomic E-state index is 12.3. The van der Waals surface area contributed by atoms with Crippen molar-refractivity contribution in [2.24, 2.45) is 10.7 Å². The Morgan fingerprint density at radius 3 is 1.89 bits per heavy atom. The van der Waals surface area contributed by atoms with Gasteiger partial charge in [0, 0.05) is 51.3 Å². The second-order valence-corrected chi connectivity index (χ2v) is 7.00. The van der Waals surface area contributed by atoms with E-state index in [4.69, 9.17) is 5.73 Å². The van der Waals surface area contributed by atoms with Gasteiger partial charge in [0.2, 0.25) is 5.78 Å². The number of aliphatic imine (C=N–C) groups is 1. The molecule has 0 saturated carbocycles. The van der Waals surface area contributed by atoms with E-state index in [0.29, 0.717) is 17.1 Å². The fourth-order valence-electron chi connectivity index (χ4n) is 2.74. The van der Waals surface area contributed by atoms with Gasteiger partial charge in [-0.05, 0) is 54.6 Å². The van der Waals surface area contributed by atoms with E-state index in [1.165, 1.54) is 6.08 Å². The number of allylic oxidation sites excluding steroid dienone is 2. The zero-order valence-corrected chi connectivity index (χ0v) is 16.6. The van der Waals surface area contributed by atoms with Gasteiger partial charge in [-0.1, -0.05) is 0 Å². The Morgan fingerprint density at radius 2 is 1.36 bits per heavy atom. The fraction of sp³-hybridized carbons (Fsp3) is 0.182. The Balaban J connectivity index is 1.84. The molecule has 28 heavy (non-hydrogen) atoms. The average molecular weight is 375 g/mol. The second kappa shape index (κ2) is 8.00. The summed E-state index contributed by atoms with van der Waals surface area (Å²) in [7, 11) is 7.94. The number of ketones is 1. The zero-order chi connectivity index (χ0) is 20.3. The van der Waals surface area contributed by atoms with Crippen LogP contribution in [0.1, 0.15) is 0 Å². The number of benzene rings is 2. The molecule has 0 fully saturated rings. The third-order valence-electron chi connectivity index (χ3n) is 4.41. The molecule has 3 rings (SSSR count). The number of anilines is 3. The first-order valence-corrected chi connectivity index (χ1v) is 8.97. The van der Waals surface area contributed by atoms with Crippen LogP contribution in [0.2, 0.25) is 0 Å². The molecule has 0 atom stereocenters. The highest BCUT2D eigenvalue weighted by molar-refractivity contribution is 6.23. The molecule has 0 saturated heterocycles. The van der Waals surface area contributed by atoms with Crippen LogP contribution in [0.4, 0.5) is 22.7 Å². The van der Waals surface area contributed by atoms with Crippen LogP contribution in [0, 0.1) is 0 Å². The summed E-state index contributed by atoms with van der Waals surface area (Å²) < 4.78 is 0. The molecule has 0 aromatic heterocycles. The van der Waals surface area contributed by atoms with Gasteiger partial charge in [0.25, 0.3) is 0 Å². The summed E-state index contributed by atoms with van der Waals surface area (Å²) in [5.41, 5.74) is 11.2. The first kappa shape index (κ1) is 19.2. The summed E-state index contributed by atoms with van der Waals surface area (Å²) >= 11 is 0. The quantitative estimate of drug-likeness (QED) is 0.785. The lowest BCUT2D eigenvalue weighted by atomic mass is 10.1. The lowest BCUT2D eigenvalue weighted by Gasteiger charge is -2.16. The number of carbonyl (C=O) groups is 1. The summed E-state index contributed by atoms with van der Waals surface area (Å²) in [5, 5.41) is 3.16. The molecular weight excluding hydrogens is 350 g/mol. The van der Waals surface area contributed by atoms with E-state index in [9.17, 15) is 4.79 Å². The van der Waals surface area contributed by atoms with E-state index in [0.717, 1.165) is 22.7 Å². The van der Waals surface area contributed by atoms with E-state index < -0.39 is 0 Å². The van der Waals surface area contributed by atoms with Crippen LogP contribution in [-0.4, -0.2) is 39.7 Å². The van der Waals surface area contributed by atoms with Crippen molar-refractivity contribution in [3.8, 4) is 0 Å².